The topological polar surface area (TPSA) is 79.0 Å². The average molecular weight is 424 g/mol. The van der Waals surface area contributed by atoms with Crippen molar-refractivity contribution in [2.45, 2.75) is 45.6 Å². The van der Waals surface area contributed by atoms with E-state index in [0.717, 1.165) is 5.56 Å². The number of amides is 3. The summed E-state index contributed by atoms with van der Waals surface area (Å²) in [5, 5.41) is 3.16. The number of ether oxygens (including phenoxy) is 1. The maximum absolute atomic E-state index is 12.6. The summed E-state index contributed by atoms with van der Waals surface area (Å²) in [6, 6.07) is 7.52. The Balaban J connectivity index is 1.77. The highest BCUT2D eigenvalue weighted by Crippen LogP contribution is 2.17. The van der Waals surface area contributed by atoms with Crippen molar-refractivity contribution in [3.63, 3.8) is 0 Å². The third-order valence-electron chi connectivity index (χ3n) is 4.55. The first-order valence-electron chi connectivity index (χ1n) is 9.91. The minimum atomic E-state index is -0.614. The summed E-state index contributed by atoms with van der Waals surface area (Å²) in [4.78, 5) is 40.1. The Morgan fingerprint density at radius 1 is 1.03 bits per heavy atom. The molecule has 0 radical (unpaired) electrons. The first-order valence-corrected chi connectivity index (χ1v) is 10.3. The van der Waals surface area contributed by atoms with Crippen LogP contribution in [-0.4, -0.2) is 66.0 Å². The highest BCUT2D eigenvalue weighted by Gasteiger charge is 2.23. The Hall–Kier alpha value is -2.28. The Kier molecular flexibility index (Phi) is 8.32. The zero-order valence-electron chi connectivity index (χ0n) is 17.4. The van der Waals surface area contributed by atoms with E-state index in [4.69, 9.17) is 16.3 Å². The molecule has 1 saturated heterocycles. The molecule has 1 aliphatic rings. The van der Waals surface area contributed by atoms with Crippen molar-refractivity contribution in [2.24, 2.45) is 0 Å². The van der Waals surface area contributed by atoms with E-state index in [0.29, 0.717) is 50.5 Å². The highest BCUT2D eigenvalue weighted by molar-refractivity contribution is 6.31. The van der Waals surface area contributed by atoms with Crippen LogP contribution in [0.25, 0.3) is 0 Å². The van der Waals surface area contributed by atoms with E-state index in [9.17, 15) is 14.4 Å². The molecule has 8 heteroatoms. The predicted octanol–water partition coefficient (Wildman–Crippen LogP) is 2.86. The Morgan fingerprint density at radius 2 is 1.66 bits per heavy atom. The number of rotatable bonds is 5. The van der Waals surface area contributed by atoms with E-state index in [1.165, 1.54) is 0 Å². The molecule has 1 aromatic rings. The van der Waals surface area contributed by atoms with Crippen LogP contribution < -0.4 is 5.32 Å². The van der Waals surface area contributed by atoms with Gasteiger partial charge in [0.2, 0.25) is 11.8 Å². The van der Waals surface area contributed by atoms with E-state index in [2.05, 4.69) is 5.32 Å². The van der Waals surface area contributed by atoms with Gasteiger partial charge in [-0.25, -0.2) is 4.79 Å². The molecule has 2 rings (SSSR count). The highest BCUT2D eigenvalue weighted by atomic mass is 35.5. The van der Waals surface area contributed by atoms with E-state index in [-0.39, 0.29) is 18.4 Å². The van der Waals surface area contributed by atoms with E-state index >= 15 is 0 Å². The summed E-state index contributed by atoms with van der Waals surface area (Å²) in [7, 11) is 0. The van der Waals surface area contributed by atoms with Crippen molar-refractivity contribution >= 4 is 29.5 Å². The lowest BCUT2D eigenvalue weighted by molar-refractivity contribution is -0.133. The maximum Gasteiger partial charge on any atom is 0.408 e. The lowest BCUT2D eigenvalue weighted by Gasteiger charge is -2.23. The maximum atomic E-state index is 12.6. The van der Waals surface area contributed by atoms with Crippen LogP contribution in [0.2, 0.25) is 5.02 Å². The number of carbonyl (C=O) groups is 3. The summed E-state index contributed by atoms with van der Waals surface area (Å²) in [6.45, 7) is 7.29. The van der Waals surface area contributed by atoms with Gasteiger partial charge in [-0.15, -0.1) is 0 Å². The summed E-state index contributed by atoms with van der Waals surface area (Å²) in [6.07, 6.45) is 1.07. The molecular weight excluding hydrogens is 394 g/mol. The molecule has 160 valence electrons. The van der Waals surface area contributed by atoms with Gasteiger partial charge in [-0.2, -0.15) is 0 Å². The molecule has 7 nitrogen and oxygen atoms in total. The van der Waals surface area contributed by atoms with Crippen molar-refractivity contribution in [1.82, 2.24) is 15.1 Å². The molecule has 3 amide bonds. The largest absolute Gasteiger partial charge is 0.444 e. The number of carbonyl (C=O) groups excluding carboxylic acids is 3. The first kappa shape index (κ1) is 23.0. The van der Waals surface area contributed by atoms with Gasteiger partial charge in [-0.1, -0.05) is 29.8 Å². The second kappa shape index (κ2) is 10.5. The van der Waals surface area contributed by atoms with Crippen LogP contribution in [-0.2, 0) is 20.7 Å². The van der Waals surface area contributed by atoms with Crippen LogP contribution in [0, 0.1) is 0 Å². The van der Waals surface area contributed by atoms with Crippen LogP contribution in [0.3, 0.4) is 0 Å². The van der Waals surface area contributed by atoms with Gasteiger partial charge in [0.25, 0.3) is 0 Å². The number of hydrogen-bond donors (Lipinski definition) is 1. The quantitative estimate of drug-likeness (QED) is 0.789. The van der Waals surface area contributed by atoms with Gasteiger partial charge in [-0.3, -0.25) is 9.59 Å². The molecule has 0 saturated carbocycles. The van der Waals surface area contributed by atoms with E-state index in [1.54, 1.807) is 30.6 Å². The predicted molar refractivity (Wildman–Crippen MR) is 112 cm³/mol. The molecule has 1 heterocycles. The second-order valence-corrected chi connectivity index (χ2v) is 8.47. The zero-order chi connectivity index (χ0) is 21.4. The zero-order valence-corrected chi connectivity index (χ0v) is 18.1. The number of nitrogens with one attached hydrogen (secondary N) is 1. The fourth-order valence-corrected chi connectivity index (χ4v) is 3.32. The molecule has 1 aromatic carbocycles. The molecule has 1 N–H and O–H groups in total. The minimum absolute atomic E-state index is 0.0612. The standard InChI is InChI=1S/C21H30ClN3O4/c1-21(2,3)29-20(28)23-15-19(27)25-12-6-11-24(13-14-25)18(26)10-9-16-7-4-5-8-17(16)22/h4-5,7-8H,6,9-15H2,1-3H3,(H,23,28). The smallest absolute Gasteiger partial charge is 0.408 e. The molecule has 0 atom stereocenters. The molecule has 0 aliphatic carbocycles. The lowest BCUT2D eigenvalue weighted by atomic mass is 10.1. The van der Waals surface area contributed by atoms with Crippen LogP contribution >= 0.6 is 11.6 Å². The molecule has 0 spiro atoms. The van der Waals surface area contributed by atoms with Crippen LogP contribution in [0.1, 0.15) is 39.2 Å². The second-order valence-electron chi connectivity index (χ2n) is 8.06. The molecule has 1 fully saturated rings. The van der Waals surface area contributed by atoms with Gasteiger partial charge in [0, 0.05) is 37.6 Å². The van der Waals surface area contributed by atoms with Gasteiger partial charge < -0.3 is 19.9 Å². The van der Waals surface area contributed by atoms with E-state index < -0.39 is 11.7 Å². The van der Waals surface area contributed by atoms with Crippen LogP contribution in [0.5, 0.6) is 0 Å². The Bertz CT molecular complexity index is 733. The number of aryl methyl sites for hydroxylation is 1. The molecule has 0 bridgehead atoms. The minimum Gasteiger partial charge on any atom is -0.444 e. The monoisotopic (exact) mass is 423 g/mol. The third kappa shape index (κ3) is 7.93. The lowest BCUT2D eigenvalue weighted by Crippen LogP contribution is -2.43. The number of hydrogen-bond acceptors (Lipinski definition) is 4. The summed E-state index contributed by atoms with van der Waals surface area (Å²) in [5.41, 5.74) is 0.350. The van der Waals surface area contributed by atoms with Gasteiger partial charge in [0.1, 0.15) is 12.1 Å². The SMILES string of the molecule is CC(C)(C)OC(=O)NCC(=O)N1CCCN(C(=O)CCc2ccccc2Cl)CC1. The van der Waals surface area contributed by atoms with Crippen molar-refractivity contribution in [2.75, 3.05) is 32.7 Å². The van der Waals surface area contributed by atoms with Gasteiger partial charge in [-0.05, 0) is 45.2 Å². The number of nitrogens with zero attached hydrogens (tertiary/aromatic N) is 2. The molecule has 1 aliphatic heterocycles. The molecule has 29 heavy (non-hydrogen) atoms. The first-order chi connectivity index (χ1) is 13.7. The van der Waals surface area contributed by atoms with Gasteiger partial charge >= 0.3 is 6.09 Å². The van der Waals surface area contributed by atoms with Gasteiger partial charge in [0.05, 0.1) is 0 Å². The summed E-state index contributed by atoms with van der Waals surface area (Å²) >= 11 is 6.15. The van der Waals surface area contributed by atoms with Crippen molar-refractivity contribution in [3.8, 4) is 0 Å². The van der Waals surface area contributed by atoms with Gasteiger partial charge in [0.15, 0.2) is 0 Å². The summed E-state index contributed by atoms with van der Waals surface area (Å²) < 4.78 is 5.14. The number of halogens is 1. The fourth-order valence-electron chi connectivity index (χ4n) is 3.09. The average Bonchev–Trinajstić information content (AvgIpc) is 2.90. The summed E-state index contributed by atoms with van der Waals surface area (Å²) in [5.74, 6) is -0.118. The van der Waals surface area contributed by atoms with Crippen LogP contribution in [0.4, 0.5) is 4.79 Å². The fraction of sp³-hybridized carbons (Fsp3) is 0.571. The molecule has 0 aromatic heterocycles. The third-order valence-corrected chi connectivity index (χ3v) is 4.92. The molecule has 0 unspecified atom stereocenters. The Labute approximate surface area is 177 Å². The number of alkyl carbamates (subject to hydrolysis) is 1. The van der Waals surface area contributed by atoms with Crippen molar-refractivity contribution in [1.29, 1.82) is 0 Å². The van der Waals surface area contributed by atoms with Crippen molar-refractivity contribution in [3.05, 3.63) is 34.9 Å². The van der Waals surface area contributed by atoms with Crippen LogP contribution in [0.15, 0.2) is 24.3 Å². The normalized spacial score (nSPS) is 14.9. The Morgan fingerprint density at radius 3 is 2.28 bits per heavy atom. The number of benzene rings is 1. The van der Waals surface area contributed by atoms with E-state index in [1.807, 2.05) is 24.3 Å². The molecular formula is C21H30ClN3O4. The van der Waals surface area contributed by atoms with Crippen molar-refractivity contribution < 1.29 is 19.1 Å².